The molecule has 2 aromatic rings. The van der Waals surface area contributed by atoms with Crippen molar-refractivity contribution >= 4 is 17.6 Å². The molecule has 0 spiro atoms. The number of fused-ring (bicyclic) bond motifs is 1. The number of hydrogen-bond acceptors (Lipinski definition) is 4. The largest absolute Gasteiger partial charge is 0.486 e. The van der Waals surface area contributed by atoms with Gasteiger partial charge in [0.2, 0.25) is 0 Å². The SMILES string of the molecule is N=C(N)c1cc(F)ccc1Sc1ccc2c(c1)OCCO2. The Morgan fingerprint density at radius 1 is 1.10 bits per heavy atom. The van der Waals surface area contributed by atoms with E-state index in [-0.39, 0.29) is 5.84 Å². The van der Waals surface area contributed by atoms with E-state index in [0.29, 0.717) is 24.5 Å². The molecule has 108 valence electrons. The molecule has 0 saturated carbocycles. The number of nitrogens with two attached hydrogens (primary N) is 1. The van der Waals surface area contributed by atoms with Crippen LogP contribution in [-0.4, -0.2) is 19.0 Å². The molecule has 1 aliphatic rings. The maximum absolute atomic E-state index is 13.3. The highest BCUT2D eigenvalue weighted by Crippen LogP contribution is 2.37. The zero-order chi connectivity index (χ0) is 14.8. The van der Waals surface area contributed by atoms with Gasteiger partial charge in [0, 0.05) is 15.4 Å². The van der Waals surface area contributed by atoms with Gasteiger partial charge in [-0.1, -0.05) is 11.8 Å². The van der Waals surface area contributed by atoms with Gasteiger partial charge in [0.1, 0.15) is 24.9 Å². The third kappa shape index (κ3) is 2.95. The van der Waals surface area contributed by atoms with Gasteiger partial charge in [0.05, 0.1) is 0 Å². The topological polar surface area (TPSA) is 68.3 Å². The summed E-state index contributed by atoms with van der Waals surface area (Å²) >= 11 is 1.40. The fraction of sp³-hybridized carbons (Fsp3) is 0.133. The zero-order valence-corrected chi connectivity index (χ0v) is 11.9. The molecule has 0 aliphatic carbocycles. The molecule has 0 amide bonds. The minimum atomic E-state index is -0.410. The van der Waals surface area contributed by atoms with Crippen molar-refractivity contribution < 1.29 is 13.9 Å². The summed E-state index contributed by atoms with van der Waals surface area (Å²) in [7, 11) is 0. The van der Waals surface area contributed by atoms with Crippen LogP contribution in [0.15, 0.2) is 46.2 Å². The molecule has 3 N–H and O–H groups in total. The van der Waals surface area contributed by atoms with Gasteiger partial charge in [-0.15, -0.1) is 0 Å². The molecule has 1 aliphatic heterocycles. The van der Waals surface area contributed by atoms with Crippen molar-refractivity contribution in [2.75, 3.05) is 13.2 Å². The van der Waals surface area contributed by atoms with Gasteiger partial charge in [0.25, 0.3) is 0 Å². The smallest absolute Gasteiger partial charge is 0.162 e. The van der Waals surface area contributed by atoms with Gasteiger partial charge in [-0.05, 0) is 36.4 Å². The van der Waals surface area contributed by atoms with Crippen molar-refractivity contribution in [2.45, 2.75) is 9.79 Å². The number of nitrogens with one attached hydrogen (secondary N) is 1. The predicted molar refractivity (Wildman–Crippen MR) is 79.0 cm³/mol. The summed E-state index contributed by atoms with van der Waals surface area (Å²) in [6, 6.07) is 9.84. The first-order valence-electron chi connectivity index (χ1n) is 6.35. The lowest BCUT2D eigenvalue weighted by atomic mass is 10.2. The third-order valence-electron chi connectivity index (χ3n) is 2.97. The second-order valence-electron chi connectivity index (χ2n) is 4.46. The molecule has 0 saturated heterocycles. The second kappa shape index (κ2) is 5.65. The third-order valence-corrected chi connectivity index (χ3v) is 4.04. The van der Waals surface area contributed by atoms with E-state index in [1.54, 1.807) is 6.07 Å². The van der Waals surface area contributed by atoms with Crippen molar-refractivity contribution in [3.63, 3.8) is 0 Å². The van der Waals surface area contributed by atoms with E-state index in [1.165, 1.54) is 23.9 Å². The standard InChI is InChI=1S/C15H13FN2O2S/c16-9-1-4-14(11(7-9)15(17)18)21-10-2-3-12-13(8-10)20-6-5-19-12/h1-4,7-8H,5-6H2,(H3,17,18). The quantitative estimate of drug-likeness (QED) is 0.675. The van der Waals surface area contributed by atoms with Gasteiger partial charge < -0.3 is 15.2 Å². The van der Waals surface area contributed by atoms with Crippen LogP contribution in [0.2, 0.25) is 0 Å². The minimum absolute atomic E-state index is 0.158. The van der Waals surface area contributed by atoms with Crippen LogP contribution in [0.3, 0.4) is 0 Å². The maximum atomic E-state index is 13.3. The Hall–Kier alpha value is -2.21. The summed E-state index contributed by atoms with van der Waals surface area (Å²) in [6.45, 7) is 1.07. The van der Waals surface area contributed by atoms with E-state index in [9.17, 15) is 4.39 Å². The number of nitrogen functional groups attached to an aromatic ring is 1. The van der Waals surface area contributed by atoms with Gasteiger partial charge in [0.15, 0.2) is 11.5 Å². The van der Waals surface area contributed by atoms with E-state index in [4.69, 9.17) is 20.6 Å². The number of ether oxygens (including phenoxy) is 2. The summed E-state index contributed by atoms with van der Waals surface area (Å²) in [5, 5.41) is 7.54. The number of amidine groups is 1. The Morgan fingerprint density at radius 2 is 1.86 bits per heavy atom. The average molecular weight is 304 g/mol. The van der Waals surface area contributed by atoms with Crippen molar-refractivity contribution in [3.05, 3.63) is 47.8 Å². The fourth-order valence-electron chi connectivity index (χ4n) is 2.02. The molecular weight excluding hydrogens is 291 g/mol. The number of rotatable bonds is 3. The molecule has 4 nitrogen and oxygen atoms in total. The van der Waals surface area contributed by atoms with E-state index in [0.717, 1.165) is 15.5 Å². The lowest BCUT2D eigenvalue weighted by Gasteiger charge is -2.19. The summed E-state index contributed by atoms with van der Waals surface area (Å²) in [4.78, 5) is 1.63. The molecule has 0 atom stereocenters. The Bertz CT molecular complexity index is 706. The van der Waals surface area contributed by atoms with Crippen LogP contribution >= 0.6 is 11.8 Å². The van der Waals surface area contributed by atoms with E-state index in [1.807, 2.05) is 18.2 Å². The summed E-state index contributed by atoms with van der Waals surface area (Å²) in [5.74, 6) is 0.843. The average Bonchev–Trinajstić information content (AvgIpc) is 2.49. The molecule has 0 unspecified atom stereocenters. The van der Waals surface area contributed by atoms with Crippen LogP contribution in [-0.2, 0) is 0 Å². The van der Waals surface area contributed by atoms with Crippen LogP contribution in [0, 0.1) is 11.2 Å². The van der Waals surface area contributed by atoms with Crippen LogP contribution in [0.5, 0.6) is 11.5 Å². The first-order chi connectivity index (χ1) is 10.1. The lowest BCUT2D eigenvalue weighted by Crippen LogP contribution is -2.15. The Morgan fingerprint density at radius 3 is 2.62 bits per heavy atom. The van der Waals surface area contributed by atoms with Crippen LogP contribution in [0.1, 0.15) is 5.56 Å². The molecule has 6 heteroatoms. The van der Waals surface area contributed by atoms with Gasteiger partial charge in [-0.3, -0.25) is 5.41 Å². The molecule has 0 radical (unpaired) electrons. The van der Waals surface area contributed by atoms with Gasteiger partial charge >= 0.3 is 0 Å². The summed E-state index contributed by atoms with van der Waals surface area (Å²) < 4.78 is 24.3. The number of halogens is 1. The second-order valence-corrected chi connectivity index (χ2v) is 5.58. The zero-order valence-electron chi connectivity index (χ0n) is 11.1. The molecule has 1 heterocycles. The van der Waals surface area contributed by atoms with E-state index in [2.05, 4.69) is 0 Å². The Kier molecular flexibility index (Phi) is 3.70. The maximum Gasteiger partial charge on any atom is 0.162 e. The van der Waals surface area contributed by atoms with Crippen molar-refractivity contribution in [2.24, 2.45) is 5.73 Å². The highest BCUT2D eigenvalue weighted by Gasteiger charge is 2.14. The van der Waals surface area contributed by atoms with E-state index >= 15 is 0 Å². The molecule has 0 bridgehead atoms. The van der Waals surface area contributed by atoms with Crippen LogP contribution in [0.4, 0.5) is 4.39 Å². The molecule has 0 fully saturated rings. The number of hydrogen-bond donors (Lipinski definition) is 2. The Balaban J connectivity index is 1.92. The van der Waals surface area contributed by atoms with Crippen LogP contribution < -0.4 is 15.2 Å². The van der Waals surface area contributed by atoms with Crippen molar-refractivity contribution in [1.29, 1.82) is 5.41 Å². The molecule has 3 rings (SSSR count). The lowest BCUT2D eigenvalue weighted by molar-refractivity contribution is 0.171. The highest BCUT2D eigenvalue weighted by molar-refractivity contribution is 7.99. The molecule has 21 heavy (non-hydrogen) atoms. The molecule has 0 aromatic heterocycles. The van der Waals surface area contributed by atoms with Crippen LogP contribution in [0.25, 0.3) is 0 Å². The van der Waals surface area contributed by atoms with Gasteiger partial charge in [-0.25, -0.2) is 4.39 Å². The fourth-order valence-corrected chi connectivity index (χ4v) is 2.99. The first-order valence-corrected chi connectivity index (χ1v) is 7.16. The normalized spacial score (nSPS) is 13.0. The summed E-state index contributed by atoms with van der Waals surface area (Å²) in [5.41, 5.74) is 5.89. The number of benzene rings is 2. The monoisotopic (exact) mass is 304 g/mol. The van der Waals surface area contributed by atoms with Gasteiger partial charge in [-0.2, -0.15) is 0 Å². The molecule has 2 aromatic carbocycles. The first kappa shape index (κ1) is 13.8. The Labute approximate surface area is 125 Å². The highest BCUT2D eigenvalue weighted by atomic mass is 32.2. The summed E-state index contributed by atoms with van der Waals surface area (Å²) in [6.07, 6.45) is 0. The van der Waals surface area contributed by atoms with Crippen molar-refractivity contribution in [1.82, 2.24) is 0 Å². The van der Waals surface area contributed by atoms with Crippen molar-refractivity contribution in [3.8, 4) is 11.5 Å². The predicted octanol–water partition coefficient (Wildman–Crippen LogP) is 3.03. The molecular formula is C15H13FN2O2S. The van der Waals surface area contributed by atoms with E-state index < -0.39 is 5.82 Å². The minimum Gasteiger partial charge on any atom is -0.486 e.